The van der Waals surface area contributed by atoms with Crippen molar-refractivity contribution in [2.24, 2.45) is 0 Å². The molecule has 1 aromatic heterocycles. The van der Waals surface area contributed by atoms with Crippen LogP contribution in [0, 0.1) is 0 Å². The predicted molar refractivity (Wildman–Crippen MR) is 89.1 cm³/mol. The molecule has 0 fully saturated rings. The second-order valence-corrected chi connectivity index (χ2v) is 6.32. The van der Waals surface area contributed by atoms with Gasteiger partial charge in [-0.3, -0.25) is 15.0 Å². The van der Waals surface area contributed by atoms with Crippen LogP contribution in [0.5, 0.6) is 0 Å². The Bertz CT molecular complexity index is 711. The summed E-state index contributed by atoms with van der Waals surface area (Å²) >= 11 is 5.94. The van der Waals surface area contributed by atoms with Crippen molar-refractivity contribution in [1.29, 1.82) is 0 Å². The average Bonchev–Trinajstić information content (AvgIpc) is 2.52. The summed E-state index contributed by atoms with van der Waals surface area (Å²) in [5, 5.41) is 1.39. The number of hydrogen-bond acceptors (Lipinski definition) is 3. The molecule has 1 aromatic carbocycles. The number of aromatic nitrogens is 1. The van der Waals surface area contributed by atoms with Crippen molar-refractivity contribution in [3.8, 4) is 0 Å². The van der Waals surface area contributed by atoms with Crippen LogP contribution < -0.4 is 5.43 Å². The minimum atomic E-state index is -0.614. The maximum Gasteiger partial charge on any atom is 0.273 e. The van der Waals surface area contributed by atoms with Gasteiger partial charge in [0.05, 0.1) is 11.1 Å². The molecule has 0 saturated heterocycles. The van der Waals surface area contributed by atoms with Crippen molar-refractivity contribution >= 4 is 23.4 Å². The maximum absolute atomic E-state index is 12.7. The number of carbonyl (C=O) groups excluding carboxylic acids is 2. The maximum atomic E-state index is 12.7. The zero-order valence-electron chi connectivity index (χ0n) is 13.2. The van der Waals surface area contributed by atoms with Crippen LogP contribution in [0.3, 0.4) is 0 Å². The fourth-order valence-electron chi connectivity index (χ4n) is 1.95. The van der Waals surface area contributed by atoms with Crippen molar-refractivity contribution in [1.82, 2.24) is 15.4 Å². The molecule has 23 heavy (non-hydrogen) atoms. The van der Waals surface area contributed by atoms with E-state index in [9.17, 15) is 9.59 Å². The Balaban J connectivity index is 2.29. The number of carbonyl (C=O) groups is 2. The Labute approximate surface area is 140 Å². The summed E-state index contributed by atoms with van der Waals surface area (Å²) in [6.07, 6.45) is 1.50. The van der Waals surface area contributed by atoms with E-state index >= 15 is 0 Å². The summed E-state index contributed by atoms with van der Waals surface area (Å²) in [4.78, 5) is 29.0. The molecule has 6 heteroatoms. The Kier molecular flexibility index (Phi) is 5.01. The number of benzene rings is 1. The zero-order chi connectivity index (χ0) is 17.0. The van der Waals surface area contributed by atoms with Gasteiger partial charge in [-0.2, -0.15) is 0 Å². The molecule has 2 aromatic rings. The monoisotopic (exact) mass is 331 g/mol. The molecule has 0 aliphatic heterocycles. The molecule has 2 rings (SSSR count). The zero-order valence-corrected chi connectivity index (χ0v) is 14.0. The van der Waals surface area contributed by atoms with Gasteiger partial charge in [0.25, 0.3) is 11.8 Å². The van der Waals surface area contributed by atoms with E-state index in [0.29, 0.717) is 5.56 Å². The van der Waals surface area contributed by atoms with Crippen LogP contribution in [-0.2, 0) is 0 Å². The second-order valence-electron chi connectivity index (χ2n) is 5.96. The van der Waals surface area contributed by atoms with Crippen molar-refractivity contribution in [3.63, 3.8) is 0 Å². The number of amides is 2. The lowest BCUT2D eigenvalue weighted by molar-refractivity contribution is 0.0358. The Morgan fingerprint density at radius 1 is 1.09 bits per heavy atom. The molecule has 0 atom stereocenters. The summed E-state index contributed by atoms with van der Waals surface area (Å²) < 4.78 is 0. The van der Waals surface area contributed by atoms with Gasteiger partial charge in [-0.1, -0.05) is 29.8 Å². The van der Waals surface area contributed by atoms with Gasteiger partial charge in [0.2, 0.25) is 0 Å². The van der Waals surface area contributed by atoms with Crippen LogP contribution in [-0.4, -0.2) is 27.3 Å². The Morgan fingerprint density at radius 2 is 1.74 bits per heavy atom. The van der Waals surface area contributed by atoms with E-state index in [1.54, 1.807) is 36.4 Å². The minimum absolute atomic E-state index is 0.0889. The van der Waals surface area contributed by atoms with Gasteiger partial charge in [0, 0.05) is 11.8 Å². The summed E-state index contributed by atoms with van der Waals surface area (Å²) in [5.41, 5.74) is 2.72. The van der Waals surface area contributed by atoms with Crippen LogP contribution in [0.1, 0.15) is 41.5 Å². The highest BCUT2D eigenvalue weighted by Gasteiger charge is 2.30. The minimum Gasteiger partial charge on any atom is -0.267 e. The molecule has 0 aliphatic carbocycles. The predicted octanol–water partition coefficient (Wildman–Crippen LogP) is 3.32. The summed E-state index contributed by atoms with van der Waals surface area (Å²) in [5.74, 6) is -0.784. The van der Waals surface area contributed by atoms with Gasteiger partial charge >= 0.3 is 0 Å². The van der Waals surface area contributed by atoms with Crippen LogP contribution in [0.25, 0.3) is 0 Å². The number of pyridine rings is 1. The molecule has 1 heterocycles. The van der Waals surface area contributed by atoms with Crippen LogP contribution in [0.15, 0.2) is 48.7 Å². The molecule has 0 radical (unpaired) electrons. The van der Waals surface area contributed by atoms with E-state index in [1.165, 1.54) is 11.2 Å². The van der Waals surface area contributed by atoms with Crippen molar-refractivity contribution in [2.45, 2.75) is 26.3 Å². The first-order valence-electron chi connectivity index (χ1n) is 7.12. The van der Waals surface area contributed by atoms with Gasteiger partial charge in [0.1, 0.15) is 5.15 Å². The van der Waals surface area contributed by atoms with E-state index in [2.05, 4.69) is 10.4 Å². The van der Waals surface area contributed by atoms with E-state index in [0.717, 1.165) is 0 Å². The fourth-order valence-corrected chi connectivity index (χ4v) is 2.16. The highest BCUT2D eigenvalue weighted by Crippen LogP contribution is 2.17. The van der Waals surface area contributed by atoms with E-state index in [-0.39, 0.29) is 16.6 Å². The van der Waals surface area contributed by atoms with Gasteiger partial charge in [-0.15, -0.1) is 0 Å². The second kappa shape index (κ2) is 6.79. The highest BCUT2D eigenvalue weighted by molar-refractivity contribution is 6.32. The molecule has 2 amide bonds. The molecule has 0 bridgehead atoms. The van der Waals surface area contributed by atoms with Crippen molar-refractivity contribution in [3.05, 3.63) is 64.9 Å². The summed E-state index contributed by atoms with van der Waals surface area (Å²) in [7, 11) is 0. The van der Waals surface area contributed by atoms with E-state index in [1.807, 2.05) is 26.8 Å². The normalized spacial score (nSPS) is 11.0. The molecule has 0 aliphatic rings. The fraction of sp³-hybridized carbons (Fsp3) is 0.235. The van der Waals surface area contributed by atoms with E-state index < -0.39 is 11.4 Å². The standard InChI is InChI=1S/C17H18ClN3O2/c1-17(2,3)21(16(23)12-8-5-4-6-9-12)20-15(22)13-10-7-11-19-14(13)18/h4-11H,1-3H3,(H,20,22). The smallest absolute Gasteiger partial charge is 0.267 e. The lowest BCUT2D eigenvalue weighted by atomic mass is 10.1. The van der Waals surface area contributed by atoms with Crippen LogP contribution in [0.2, 0.25) is 5.15 Å². The topological polar surface area (TPSA) is 62.3 Å². The van der Waals surface area contributed by atoms with Crippen LogP contribution in [0.4, 0.5) is 0 Å². The number of hydrogen-bond donors (Lipinski definition) is 1. The number of nitrogens with one attached hydrogen (secondary N) is 1. The molecule has 0 spiro atoms. The van der Waals surface area contributed by atoms with Crippen molar-refractivity contribution in [2.75, 3.05) is 0 Å². The first-order valence-corrected chi connectivity index (χ1v) is 7.49. The summed E-state index contributed by atoms with van der Waals surface area (Å²) in [6.45, 7) is 5.50. The van der Waals surface area contributed by atoms with Crippen LogP contribution >= 0.6 is 11.6 Å². The largest absolute Gasteiger partial charge is 0.273 e. The lowest BCUT2D eigenvalue weighted by Crippen LogP contribution is -2.55. The van der Waals surface area contributed by atoms with Gasteiger partial charge in [-0.25, -0.2) is 9.99 Å². The van der Waals surface area contributed by atoms with Gasteiger partial charge < -0.3 is 0 Å². The molecular weight excluding hydrogens is 314 g/mol. The number of hydrazine groups is 1. The first-order chi connectivity index (χ1) is 10.8. The average molecular weight is 332 g/mol. The highest BCUT2D eigenvalue weighted by atomic mass is 35.5. The third-order valence-corrected chi connectivity index (χ3v) is 3.41. The molecule has 1 N–H and O–H groups in total. The third-order valence-electron chi connectivity index (χ3n) is 3.11. The van der Waals surface area contributed by atoms with Gasteiger partial charge in [-0.05, 0) is 45.0 Å². The molecule has 5 nitrogen and oxygen atoms in total. The Hall–Kier alpha value is -2.40. The molecule has 0 unspecified atom stereocenters. The van der Waals surface area contributed by atoms with Crippen molar-refractivity contribution < 1.29 is 9.59 Å². The van der Waals surface area contributed by atoms with Gasteiger partial charge in [0.15, 0.2) is 0 Å². The summed E-state index contributed by atoms with van der Waals surface area (Å²) in [6, 6.07) is 11.9. The molecular formula is C17H18ClN3O2. The number of halogens is 1. The lowest BCUT2D eigenvalue weighted by Gasteiger charge is -2.35. The Morgan fingerprint density at radius 3 is 2.30 bits per heavy atom. The molecule has 120 valence electrons. The molecule has 0 saturated carbocycles. The third kappa shape index (κ3) is 4.07. The number of rotatable bonds is 2. The quantitative estimate of drug-likeness (QED) is 0.678. The number of nitrogens with zero attached hydrogens (tertiary/aromatic N) is 2. The van der Waals surface area contributed by atoms with E-state index in [4.69, 9.17) is 11.6 Å². The first kappa shape index (κ1) is 17.0. The SMILES string of the molecule is CC(C)(C)N(NC(=O)c1cccnc1Cl)C(=O)c1ccccc1.